The van der Waals surface area contributed by atoms with Crippen molar-refractivity contribution in [2.24, 2.45) is 11.1 Å². The number of fused-ring (bicyclic) bond motifs is 2. The van der Waals surface area contributed by atoms with Crippen molar-refractivity contribution in [3.63, 3.8) is 0 Å². The fourth-order valence-corrected chi connectivity index (χ4v) is 5.22. The van der Waals surface area contributed by atoms with Crippen LogP contribution in [0, 0.1) is 5.92 Å². The highest BCUT2D eigenvalue weighted by Crippen LogP contribution is 2.28. The standard InChI is InChI=1S/C28H30N4O7S/c1-16(2)12-24(25(33)30-19-8-5-9-20(15-19)40(29,38)39)31-23(28(36)37)10-11-32-26(34)21-13-17-6-3-4-7-18(17)14-22(21)27(32)35/h3-9,13-16,23-24,31H,10-12H2,1-2H3,(H,30,33)(H,36,37)(H2,29,38,39)/t23?,24-/m1/s1. The predicted octanol–water partition coefficient (Wildman–Crippen LogP) is 2.57. The van der Waals surface area contributed by atoms with E-state index in [-0.39, 0.29) is 47.0 Å². The lowest BCUT2D eigenvalue weighted by atomic mass is 10.0. The van der Waals surface area contributed by atoms with Gasteiger partial charge in [-0.2, -0.15) is 0 Å². The first-order valence-electron chi connectivity index (χ1n) is 12.7. The van der Waals surface area contributed by atoms with Crippen LogP contribution in [-0.2, 0) is 19.6 Å². The van der Waals surface area contributed by atoms with E-state index in [2.05, 4.69) is 10.6 Å². The molecule has 11 nitrogen and oxygen atoms in total. The summed E-state index contributed by atoms with van der Waals surface area (Å²) in [5, 5.41) is 22.1. The first-order chi connectivity index (χ1) is 18.8. The Morgan fingerprint density at radius 1 is 0.925 bits per heavy atom. The molecule has 12 heteroatoms. The third-order valence-corrected chi connectivity index (χ3v) is 7.54. The summed E-state index contributed by atoms with van der Waals surface area (Å²) in [5.41, 5.74) is 0.710. The second kappa shape index (κ2) is 11.5. The Bertz CT molecular complexity index is 1550. The maximum Gasteiger partial charge on any atom is 0.320 e. The summed E-state index contributed by atoms with van der Waals surface area (Å²) < 4.78 is 23.3. The number of sulfonamides is 1. The monoisotopic (exact) mass is 566 g/mol. The molecule has 1 aliphatic rings. The van der Waals surface area contributed by atoms with E-state index in [0.29, 0.717) is 0 Å². The first kappa shape index (κ1) is 28.9. The van der Waals surface area contributed by atoms with Crippen molar-refractivity contribution < 1.29 is 32.7 Å². The second-order valence-corrected chi connectivity index (χ2v) is 11.7. The molecule has 3 aromatic rings. The van der Waals surface area contributed by atoms with Crippen molar-refractivity contribution in [3.05, 3.63) is 71.8 Å². The minimum Gasteiger partial charge on any atom is -0.480 e. The lowest BCUT2D eigenvalue weighted by molar-refractivity contribution is -0.140. The first-order valence-corrected chi connectivity index (χ1v) is 14.2. The number of rotatable bonds is 11. The molecule has 0 bridgehead atoms. The molecule has 2 atom stereocenters. The third-order valence-electron chi connectivity index (χ3n) is 6.63. The van der Waals surface area contributed by atoms with E-state index < -0.39 is 45.8 Å². The van der Waals surface area contributed by atoms with Gasteiger partial charge in [-0.3, -0.25) is 29.4 Å². The maximum absolute atomic E-state index is 13.1. The zero-order valence-electron chi connectivity index (χ0n) is 22.0. The summed E-state index contributed by atoms with van der Waals surface area (Å²) in [6, 6.07) is 13.8. The summed E-state index contributed by atoms with van der Waals surface area (Å²) >= 11 is 0. The highest BCUT2D eigenvalue weighted by atomic mass is 32.2. The molecule has 0 aliphatic carbocycles. The smallest absolute Gasteiger partial charge is 0.320 e. The van der Waals surface area contributed by atoms with E-state index in [0.717, 1.165) is 15.7 Å². The van der Waals surface area contributed by atoms with Crippen LogP contribution in [0.5, 0.6) is 0 Å². The Balaban J connectivity index is 1.48. The van der Waals surface area contributed by atoms with E-state index in [1.807, 2.05) is 38.1 Å². The molecule has 4 rings (SSSR count). The van der Waals surface area contributed by atoms with Gasteiger partial charge in [0.1, 0.15) is 6.04 Å². The summed E-state index contributed by atoms with van der Waals surface area (Å²) in [7, 11) is -3.99. The number of hydrogen-bond acceptors (Lipinski definition) is 7. The number of carbonyl (C=O) groups is 4. The average molecular weight is 567 g/mol. The highest BCUT2D eigenvalue weighted by molar-refractivity contribution is 7.89. The van der Waals surface area contributed by atoms with E-state index in [1.165, 1.54) is 24.3 Å². The number of hydrogen-bond donors (Lipinski definition) is 4. The van der Waals surface area contributed by atoms with Gasteiger partial charge in [0.05, 0.1) is 22.1 Å². The molecule has 0 radical (unpaired) electrons. The Morgan fingerprint density at radius 3 is 2.05 bits per heavy atom. The van der Waals surface area contributed by atoms with Crippen molar-refractivity contribution >= 4 is 50.2 Å². The van der Waals surface area contributed by atoms with Crippen molar-refractivity contribution in [2.45, 2.75) is 43.7 Å². The highest BCUT2D eigenvalue weighted by Gasteiger charge is 2.37. The molecular formula is C28H30N4O7S. The predicted molar refractivity (Wildman–Crippen MR) is 148 cm³/mol. The molecule has 0 saturated carbocycles. The largest absolute Gasteiger partial charge is 0.480 e. The van der Waals surface area contributed by atoms with Crippen LogP contribution in [0.3, 0.4) is 0 Å². The Hall–Kier alpha value is -4.13. The molecule has 1 aliphatic heterocycles. The molecule has 0 aromatic heterocycles. The van der Waals surface area contributed by atoms with Crippen LogP contribution in [0.15, 0.2) is 65.6 Å². The zero-order valence-corrected chi connectivity index (χ0v) is 22.8. The van der Waals surface area contributed by atoms with Crippen molar-refractivity contribution in [1.29, 1.82) is 0 Å². The molecule has 0 fully saturated rings. The summed E-state index contributed by atoms with van der Waals surface area (Å²) in [4.78, 5) is 52.2. The van der Waals surface area contributed by atoms with Crippen LogP contribution < -0.4 is 15.8 Å². The molecule has 0 saturated heterocycles. The van der Waals surface area contributed by atoms with Gasteiger partial charge in [-0.1, -0.05) is 44.2 Å². The normalized spacial score (nSPS) is 14.8. The molecule has 210 valence electrons. The van der Waals surface area contributed by atoms with Gasteiger partial charge in [0.2, 0.25) is 15.9 Å². The Kier molecular flexibility index (Phi) is 8.33. The number of imide groups is 1. The van der Waals surface area contributed by atoms with E-state index in [9.17, 15) is 32.7 Å². The minimum atomic E-state index is -3.99. The molecule has 40 heavy (non-hydrogen) atoms. The van der Waals surface area contributed by atoms with Gasteiger partial charge in [-0.25, -0.2) is 13.6 Å². The fourth-order valence-electron chi connectivity index (χ4n) is 4.66. The van der Waals surface area contributed by atoms with Crippen molar-refractivity contribution in [2.75, 3.05) is 11.9 Å². The van der Waals surface area contributed by atoms with Gasteiger partial charge in [0.15, 0.2) is 0 Å². The molecule has 0 spiro atoms. The lowest BCUT2D eigenvalue weighted by Gasteiger charge is -2.25. The van der Waals surface area contributed by atoms with E-state index in [1.54, 1.807) is 12.1 Å². The lowest BCUT2D eigenvalue weighted by Crippen LogP contribution is -2.50. The van der Waals surface area contributed by atoms with Gasteiger partial charge in [-0.15, -0.1) is 0 Å². The number of nitrogens with one attached hydrogen (secondary N) is 2. The SMILES string of the molecule is CC(C)C[C@@H](NC(CCN1C(=O)c2cc3ccccc3cc2C1=O)C(=O)O)C(=O)Nc1cccc(S(N)(=O)=O)c1. The van der Waals surface area contributed by atoms with Gasteiger partial charge in [0.25, 0.3) is 11.8 Å². The fraction of sp³-hybridized carbons (Fsp3) is 0.286. The number of amides is 3. The molecule has 1 heterocycles. The van der Waals surface area contributed by atoms with Crippen molar-refractivity contribution in [3.8, 4) is 0 Å². The maximum atomic E-state index is 13.1. The minimum absolute atomic E-state index is 0.00109. The van der Waals surface area contributed by atoms with Crippen LogP contribution in [0.2, 0.25) is 0 Å². The number of nitrogens with zero attached hydrogens (tertiary/aromatic N) is 1. The summed E-state index contributed by atoms with van der Waals surface area (Å²) in [5.74, 6) is -2.82. The quantitative estimate of drug-likeness (QED) is 0.256. The summed E-state index contributed by atoms with van der Waals surface area (Å²) in [6.07, 6.45) is 0.132. The number of nitrogens with two attached hydrogens (primary N) is 1. The van der Waals surface area contributed by atoms with E-state index in [4.69, 9.17) is 5.14 Å². The third kappa shape index (κ3) is 6.36. The molecule has 3 amide bonds. The van der Waals surface area contributed by atoms with Crippen LogP contribution in [-0.4, -0.2) is 60.7 Å². The van der Waals surface area contributed by atoms with Crippen LogP contribution >= 0.6 is 0 Å². The number of benzene rings is 3. The van der Waals surface area contributed by atoms with E-state index >= 15 is 0 Å². The van der Waals surface area contributed by atoms with Crippen molar-refractivity contribution in [1.82, 2.24) is 10.2 Å². The van der Waals surface area contributed by atoms with Gasteiger partial charge < -0.3 is 10.4 Å². The number of primary sulfonamides is 1. The van der Waals surface area contributed by atoms with Crippen LogP contribution in [0.1, 0.15) is 47.4 Å². The van der Waals surface area contributed by atoms with Gasteiger partial charge in [-0.05, 0) is 59.9 Å². The number of carbonyl (C=O) groups excluding carboxylic acids is 3. The summed E-state index contributed by atoms with van der Waals surface area (Å²) in [6.45, 7) is 3.56. The number of anilines is 1. The molecular weight excluding hydrogens is 536 g/mol. The molecule has 5 N–H and O–H groups in total. The van der Waals surface area contributed by atoms with Gasteiger partial charge >= 0.3 is 5.97 Å². The Morgan fingerprint density at radius 2 is 1.52 bits per heavy atom. The molecule has 3 aromatic carbocycles. The topological polar surface area (TPSA) is 176 Å². The average Bonchev–Trinajstić information content (AvgIpc) is 3.12. The number of carboxylic acid groups (broad SMARTS) is 1. The second-order valence-electron chi connectivity index (χ2n) is 10.1. The Labute approximate surface area is 231 Å². The number of carboxylic acids is 1. The number of aliphatic carboxylic acids is 1. The van der Waals surface area contributed by atoms with Gasteiger partial charge in [0, 0.05) is 12.2 Å². The van der Waals surface area contributed by atoms with Crippen LogP contribution in [0.25, 0.3) is 10.8 Å². The zero-order chi connectivity index (χ0) is 29.2. The molecule has 1 unspecified atom stereocenters. The van der Waals surface area contributed by atoms with Crippen LogP contribution in [0.4, 0.5) is 5.69 Å².